The average Bonchev–Trinajstić information content (AvgIpc) is 2.67. The van der Waals surface area contributed by atoms with E-state index in [2.05, 4.69) is 10.0 Å². The number of halogens is 2. The van der Waals surface area contributed by atoms with E-state index in [-0.39, 0.29) is 21.5 Å². The van der Waals surface area contributed by atoms with Crippen molar-refractivity contribution in [1.29, 1.82) is 0 Å². The molecule has 1 unspecified atom stereocenters. The Labute approximate surface area is 170 Å². The number of nitrogens with one attached hydrogen (secondary N) is 2. The molecule has 0 bridgehead atoms. The van der Waals surface area contributed by atoms with E-state index >= 15 is 0 Å². The van der Waals surface area contributed by atoms with Crippen LogP contribution in [0.15, 0.2) is 47.4 Å². The largest absolute Gasteiger partial charge is 0.346 e. The lowest BCUT2D eigenvalue weighted by atomic mass is 10.1. The van der Waals surface area contributed by atoms with Crippen molar-refractivity contribution in [2.24, 2.45) is 0 Å². The normalized spacial score (nSPS) is 12.6. The highest BCUT2D eigenvalue weighted by Crippen LogP contribution is 2.19. The molecule has 0 aromatic heterocycles. The van der Waals surface area contributed by atoms with E-state index in [1.807, 2.05) is 13.8 Å². The molecule has 152 valence electrons. The fourth-order valence-corrected chi connectivity index (χ4v) is 4.32. The van der Waals surface area contributed by atoms with Crippen molar-refractivity contribution in [3.05, 3.63) is 59.7 Å². The van der Waals surface area contributed by atoms with E-state index in [0.29, 0.717) is 12.1 Å². The molecule has 0 saturated heterocycles. The first-order valence-corrected chi connectivity index (χ1v) is 11.0. The maximum atomic E-state index is 14.3. The molecule has 0 aliphatic carbocycles. The third-order valence-corrected chi connectivity index (χ3v) is 6.16. The number of rotatable bonds is 9. The summed E-state index contributed by atoms with van der Waals surface area (Å²) < 4.78 is 55.4. The number of unbranched alkanes of at least 4 members (excludes halogenated alkanes) is 1. The zero-order valence-corrected chi connectivity index (χ0v) is 17.5. The molecule has 0 saturated carbocycles. The van der Waals surface area contributed by atoms with E-state index in [1.165, 1.54) is 36.4 Å². The van der Waals surface area contributed by atoms with Gasteiger partial charge in [-0.15, -0.1) is 0 Å². The molecular formula is C20H24F2N2O2S2. The van der Waals surface area contributed by atoms with Gasteiger partial charge in [-0.1, -0.05) is 38.9 Å². The highest BCUT2D eigenvalue weighted by Gasteiger charge is 2.21. The number of hydrogen-bond donors (Lipinski definition) is 2. The summed E-state index contributed by atoms with van der Waals surface area (Å²) in [4.78, 5) is -0.0405. The van der Waals surface area contributed by atoms with E-state index in [4.69, 9.17) is 12.2 Å². The van der Waals surface area contributed by atoms with E-state index in [1.54, 1.807) is 0 Å². The quantitative estimate of drug-likeness (QED) is 0.554. The lowest BCUT2D eigenvalue weighted by molar-refractivity contribution is 0.501. The Bertz CT molecular complexity index is 916. The first kappa shape index (κ1) is 22.4. The molecule has 0 amide bonds. The zero-order valence-electron chi connectivity index (χ0n) is 15.8. The van der Waals surface area contributed by atoms with Crippen molar-refractivity contribution in [3.8, 4) is 0 Å². The van der Waals surface area contributed by atoms with Crippen LogP contribution in [0.3, 0.4) is 0 Å². The summed E-state index contributed by atoms with van der Waals surface area (Å²) in [5.41, 5.74) is 0.437. The summed E-state index contributed by atoms with van der Waals surface area (Å²) in [5, 5.41) is 2.79. The van der Waals surface area contributed by atoms with E-state index < -0.39 is 21.7 Å². The summed E-state index contributed by atoms with van der Waals surface area (Å²) in [7, 11) is -3.81. The SMILES string of the molecule is CCCCC(CC)NS(=O)(=O)c1ccc(F)c(C(=S)Nc2ccc(F)cc2)c1. The van der Waals surface area contributed by atoms with Crippen LogP contribution < -0.4 is 10.0 Å². The van der Waals surface area contributed by atoms with Crippen LogP contribution in [0.4, 0.5) is 14.5 Å². The van der Waals surface area contributed by atoms with Crippen LogP contribution in [0.1, 0.15) is 45.1 Å². The Morgan fingerprint density at radius 3 is 2.39 bits per heavy atom. The predicted molar refractivity (Wildman–Crippen MR) is 112 cm³/mol. The Hall–Kier alpha value is -1.90. The second-order valence-electron chi connectivity index (χ2n) is 6.47. The lowest BCUT2D eigenvalue weighted by Crippen LogP contribution is -2.34. The standard InChI is InChI=1S/C20H24F2N2O2S2/c1-3-5-6-15(4-2)24-28(25,26)17-11-12-19(22)18(13-17)20(27)23-16-9-7-14(21)8-10-16/h7-13,15,24H,3-6H2,1-2H3,(H,23,27). The van der Waals surface area contributed by atoms with Gasteiger partial charge in [-0.2, -0.15) is 0 Å². The Kier molecular flexibility index (Phi) is 8.03. The van der Waals surface area contributed by atoms with Crippen molar-refractivity contribution in [3.63, 3.8) is 0 Å². The third kappa shape index (κ3) is 6.05. The van der Waals surface area contributed by atoms with Crippen LogP contribution in [-0.4, -0.2) is 19.4 Å². The smallest absolute Gasteiger partial charge is 0.240 e. The number of benzene rings is 2. The van der Waals surface area contributed by atoms with E-state index in [9.17, 15) is 17.2 Å². The maximum Gasteiger partial charge on any atom is 0.240 e. The van der Waals surface area contributed by atoms with Crippen LogP contribution in [0.25, 0.3) is 0 Å². The van der Waals surface area contributed by atoms with Gasteiger partial charge in [0.25, 0.3) is 0 Å². The molecule has 2 aromatic carbocycles. The third-order valence-electron chi connectivity index (χ3n) is 4.32. The summed E-state index contributed by atoms with van der Waals surface area (Å²) in [5.74, 6) is -1.05. The molecule has 28 heavy (non-hydrogen) atoms. The van der Waals surface area contributed by atoms with Crippen LogP contribution >= 0.6 is 12.2 Å². The van der Waals surface area contributed by atoms with Crippen molar-refractivity contribution in [1.82, 2.24) is 4.72 Å². The van der Waals surface area contributed by atoms with E-state index in [0.717, 1.165) is 25.3 Å². The molecule has 2 rings (SSSR count). The Morgan fingerprint density at radius 1 is 1.11 bits per heavy atom. The molecule has 0 radical (unpaired) electrons. The fourth-order valence-electron chi connectivity index (χ4n) is 2.66. The molecule has 2 aromatic rings. The van der Waals surface area contributed by atoms with Crippen LogP contribution in [0, 0.1) is 11.6 Å². The first-order chi connectivity index (χ1) is 13.3. The fraction of sp³-hybridized carbons (Fsp3) is 0.350. The molecule has 0 aliphatic rings. The summed E-state index contributed by atoms with van der Waals surface area (Å²) in [6.07, 6.45) is 3.30. The van der Waals surface area contributed by atoms with Gasteiger partial charge < -0.3 is 5.32 Å². The number of hydrogen-bond acceptors (Lipinski definition) is 3. The zero-order chi connectivity index (χ0) is 20.7. The highest BCUT2D eigenvalue weighted by molar-refractivity contribution is 7.89. The van der Waals surface area contributed by atoms with Gasteiger partial charge in [0, 0.05) is 17.3 Å². The van der Waals surface area contributed by atoms with Crippen molar-refractivity contribution in [2.75, 3.05) is 5.32 Å². The molecule has 0 aliphatic heterocycles. The molecule has 1 atom stereocenters. The van der Waals surface area contributed by atoms with Gasteiger partial charge >= 0.3 is 0 Å². The van der Waals surface area contributed by atoms with Gasteiger partial charge in [0.1, 0.15) is 16.6 Å². The number of thiocarbonyl (C=S) groups is 1. The summed E-state index contributed by atoms with van der Waals surface area (Å²) >= 11 is 5.21. The van der Waals surface area contributed by atoms with Crippen LogP contribution in [0.2, 0.25) is 0 Å². The van der Waals surface area contributed by atoms with Gasteiger partial charge in [-0.05, 0) is 55.3 Å². The second kappa shape index (κ2) is 10.0. The Morgan fingerprint density at radius 2 is 1.79 bits per heavy atom. The van der Waals surface area contributed by atoms with Crippen LogP contribution in [0.5, 0.6) is 0 Å². The Balaban J connectivity index is 2.23. The van der Waals surface area contributed by atoms with Gasteiger partial charge in [0.15, 0.2) is 0 Å². The number of anilines is 1. The van der Waals surface area contributed by atoms with Gasteiger partial charge in [-0.3, -0.25) is 0 Å². The minimum atomic E-state index is -3.81. The van der Waals surface area contributed by atoms with Crippen LogP contribution in [-0.2, 0) is 10.0 Å². The lowest BCUT2D eigenvalue weighted by Gasteiger charge is -2.17. The summed E-state index contributed by atoms with van der Waals surface area (Å²) in [6.45, 7) is 3.96. The molecule has 2 N–H and O–H groups in total. The molecule has 0 spiro atoms. The van der Waals surface area contributed by atoms with Gasteiger partial charge in [0.05, 0.1) is 4.90 Å². The topological polar surface area (TPSA) is 58.2 Å². The number of sulfonamides is 1. The van der Waals surface area contributed by atoms with Crippen molar-refractivity contribution >= 4 is 32.9 Å². The minimum absolute atomic E-state index is 0.0131. The predicted octanol–water partition coefficient (Wildman–Crippen LogP) is 5.00. The molecule has 0 heterocycles. The maximum absolute atomic E-state index is 14.3. The second-order valence-corrected chi connectivity index (χ2v) is 8.59. The molecule has 0 fully saturated rings. The van der Waals surface area contributed by atoms with Crippen molar-refractivity contribution in [2.45, 2.75) is 50.5 Å². The van der Waals surface area contributed by atoms with Gasteiger partial charge in [0.2, 0.25) is 10.0 Å². The average molecular weight is 427 g/mol. The highest BCUT2D eigenvalue weighted by atomic mass is 32.2. The monoisotopic (exact) mass is 426 g/mol. The first-order valence-electron chi connectivity index (χ1n) is 9.15. The molecular weight excluding hydrogens is 402 g/mol. The minimum Gasteiger partial charge on any atom is -0.346 e. The van der Waals surface area contributed by atoms with Crippen molar-refractivity contribution < 1.29 is 17.2 Å². The molecule has 8 heteroatoms. The summed E-state index contributed by atoms with van der Waals surface area (Å²) in [6, 6.07) is 8.73. The van der Waals surface area contributed by atoms with Gasteiger partial charge in [-0.25, -0.2) is 21.9 Å². The molecule has 4 nitrogen and oxygen atoms in total.